The zero-order chi connectivity index (χ0) is 17.2. The average Bonchev–Trinajstić information content (AvgIpc) is 2.61. The molecule has 0 aromatic heterocycles. The molecule has 0 unspecified atom stereocenters. The highest BCUT2D eigenvalue weighted by atomic mass is 19.1. The van der Waals surface area contributed by atoms with Crippen molar-refractivity contribution in [3.63, 3.8) is 0 Å². The zero-order valence-corrected chi connectivity index (χ0v) is 13.9. The number of guanidine groups is 1. The largest absolute Gasteiger partial charge is 0.497 e. The summed E-state index contributed by atoms with van der Waals surface area (Å²) in [5, 5.41) is 6.36. The van der Waals surface area contributed by atoms with Gasteiger partial charge in [-0.25, -0.2) is 4.39 Å². The Labute approximate surface area is 141 Å². The van der Waals surface area contributed by atoms with Gasteiger partial charge in [0.1, 0.15) is 23.9 Å². The number of ether oxygens (including phenoxy) is 2. The average molecular weight is 331 g/mol. The molecule has 0 spiro atoms. The van der Waals surface area contributed by atoms with Crippen LogP contribution in [0.15, 0.2) is 53.5 Å². The first-order chi connectivity index (χ1) is 11.7. The Balaban J connectivity index is 1.70. The van der Waals surface area contributed by atoms with Crippen molar-refractivity contribution >= 4 is 5.96 Å². The first kappa shape index (κ1) is 17.6. The van der Waals surface area contributed by atoms with Crippen LogP contribution in [0.3, 0.4) is 0 Å². The minimum absolute atomic E-state index is 0.308. The van der Waals surface area contributed by atoms with Gasteiger partial charge in [0.15, 0.2) is 5.96 Å². The van der Waals surface area contributed by atoms with Crippen molar-refractivity contribution in [2.24, 2.45) is 4.99 Å². The lowest BCUT2D eigenvalue weighted by Crippen LogP contribution is -2.38. The molecule has 0 aliphatic heterocycles. The number of halogens is 1. The van der Waals surface area contributed by atoms with Crippen LogP contribution in [0.1, 0.15) is 5.56 Å². The summed E-state index contributed by atoms with van der Waals surface area (Å²) < 4.78 is 23.6. The van der Waals surface area contributed by atoms with Crippen molar-refractivity contribution in [3.05, 3.63) is 59.9 Å². The number of hydrogen-bond donors (Lipinski definition) is 2. The van der Waals surface area contributed by atoms with E-state index in [9.17, 15) is 4.39 Å². The standard InChI is InChI=1S/C18H22FN3O2/c1-20-18(22-13-14-6-8-16(23-2)9-7-14)21-10-11-24-17-5-3-4-15(19)12-17/h3-9,12H,10-11,13H2,1-2H3,(H2,20,21,22). The van der Waals surface area contributed by atoms with Crippen LogP contribution in [0, 0.1) is 5.82 Å². The summed E-state index contributed by atoms with van der Waals surface area (Å²) in [6, 6.07) is 13.9. The lowest BCUT2D eigenvalue weighted by atomic mass is 10.2. The molecule has 0 amide bonds. The highest BCUT2D eigenvalue weighted by molar-refractivity contribution is 5.79. The van der Waals surface area contributed by atoms with Crippen molar-refractivity contribution in [2.75, 3.05) is 27.3 Å². The van der Waals surface area contributed by atoms with Crippen molar-refractivity contribution in [2.45, 2.75) is 6.54 Å². The van der Waals surface area contributed by atoms with E-state index >= 15 is 0 Å². The molecular weight excluding hydrogens is 309 g/mol. The lowest BCUT2D eigenvalue weighted by Gasteiger charge is -2.13. The van der Waals surface area contributed by atoms with Crippen LogP contribution in [0.2, 0.25) is 0 Å². The summed E-state index contributed by atoms with van der Waals surface area (Å²) in [7, 11) is 3.35. The molecule has 0 saturated heterocycles. The van der Waals surface area contributed by atoms with Crippen LogP contribution < -0.4 is 20.1 Å². The van der Waals surface area contributed by atoms with E-state index in [-0.39, 0.29) is 5.82 Å². The van der Waals surface area contributed by atoms with E-state index in [1.165, 1.54) is 12.1 Å². The Kier molecular flexibility index (Phi) is 6.89. The van der Waals surface area contributed by atoms with Crippen molar-refractivity contribution in [1.29, 1.82) is 0 Å². The van der Waals surface area contributed by atoms with E-state index in [1.54, 1.807) is 26.3 Å². The number of aliphatic imine (C=N–C) groups is 1. The monoisotopic (exact) mass is 331 g/mol. The Morgan fingerprint density at radius 1 is 1.08 bits per heavy atom. The fraction of sp³-hybridized carbons (Fsp3) is 0.278. The topological polar surface area (TPSA) is 54.9 Å². The van der Waals surface area contributed by atoms with Crippen molar-refractivity contribution in [1.82, 2.24) is 10.6 Å². The molecule has 2 N–H and O–H groups in total. The third-order valence-electron chi connectivity index (χ3n) is 3.30. The highest BCUT2D eigenvalue weighted by Gasteiger charge is 2.00. The molecule has 128 valence electrons. The second kappa shape index (κ2) is 9.39. The van der Waals surface area contributed by atoms with Crippen LogP contribution in [0.5, 0.6) is 11.5 Å². The summed E-state index contributed by atoms with van der Waals surface area (Å²) in [6.45, 7) is 1.61. The van der Waals surface area contributed by atoms with Crippen LogP contribution in [0.4, 0.5) is 4.39 Å². The normalized spacial score (nSPS) is 11.0. The van der Waals surface area contributed by atoms with Gasteiger partial charge in [-0.1, -0.05) is 18.2 Å². The number of hydrogen-bond acceptors (Lipinski definition) is 3. The summed E-state index contributed by atoms with van der Waals surface area (Å²) in [5.41, 5.74) is 1.12. The second-order valence-corrected chi connectivity index (χ2v) is 5.01. The number of methoxy groups -OCH3 is 1. The van der Waals surface area contributed by atoms with E-state index in [4.69, 9.17) is 9.47 Å². The molecule has 0 aliphatic carbocycles. The fourth-order valence-corrected chi connectivity index (χ4v) is 2.04. The second-order valence-electron chi connectivity index (χ2n) is 5.01. The Morgan fingerprint density at radius 3 is 2.54 bits per heavy atom. The maximum absolute atomic E-state index is 13.0. The van der Waals surface area contributed by atoms with Crippen LogP contribution >= 0.6 is 0 Å². The molecule has 2 rings (SSSR count). The number of rotatable bonds is 7. The lowest BCUT2D eigenvalue weighted by molar-refractivity contribution is 0.320. The van der Waals surface area contributed by atoms with Crippen molar-refractivity contribution < 1.29 is 13.9 Å². The molecule has 0 heterocycles. The molecule has 0 saturated carbocycles. The van der Waals surface area contributed by atoms with Gasteiger partial charge >= 0.3 is 0 Å². The Bertz CT molecular complexity index is 660. The summed E-state index contributed by atoms with van der Waals surface area (Å²) in [5.74, 6) is 1.71. The van der Waals surface area contributed by atoms with E-state index < -0.39 is 0 Å². The van der Waals surface area contributed by atoms with Gasteiger partial charge < -0.3 is 20.1 Å². The molecule has 0 aliphatic rings. The van der Waals surface area contributed by atoms with E-state index in [2.05, 4.69) is 15.6 Å². The van der Waals surface area contributed by atoms with Crippen LogP contribution in [0.25, 0.3) is 0 Å². The summed E-state index contributed by atoms with van der Waals surface area (Å²) in [4.78, 5) is 4.15. The van der Waals surface area contributed by atoms with E-state index in [1.807, 2.05) is 24.3 Å². The minimum Gasteiger partial charge on any atom is -0.497 e. The molecule has 0 bridgehead atoms. The molecule has 0 fully saturated rings. The van der Waals surface area contributed by atoms with Crippen LogP contribution in [-0.4, -0.2) is 33.3 Å². The summed E-state index contributed by atoms with van der Waals surface area (Å²) >= 11 is 0. The van der Waals surface area contributed by atoms with Gasteiger partial charge in [-0.05, 0) is 29.8 Å². The predicted molar refractivity (Wildman–Crippen MR) is 93.1 cm³/mol. The Morgan fingerprint density at radius 2 is 1.88 bits per heavy atom. The molecule has 0 atom stereocenters. The number of nitrogens with zero attached hydrogens (tertiary/aromatic N) is 1. The van der Waals surface area contributed by atoms with E-state index in [0.717, 1.165) is 11.3 Å². The molecule has 6 heteroatoms. The van der Waals surface area contributed by atoms with Gasteiger partial charge in [-0.15, -0.1) is 0 Å². The molecule has 2 aromatic carbocycles. The third-order valence-corrected chi connectivity index (χ3v) is 3.30. The van der Waals surface area contributed by atoms with Crippen LogP contribution in [-0.2, 0) is 6.54 Å². The van der Waals surface area contributed by atoms with Gasteiger partial charge in [-0.2, -0.15) is 0 Å². The first-order valence-corrected chi connectivity index (χ1v) is 7.67. The SMILES string of the molecule is CN=C(NCCOc1cccc(F)c1)NCc1ccc(OC)cc1. The Hall–Kier alpha value is -2.76. The fourth-order valence-electron chi connectivity index (χ4n) is 2.04. The molecule has 24 heavy (non-hydrogen) atoms. The van der Waals surface area contributed by atoms with Gasteiger partial charge in [0.25, 0.3) is 0 Å². The number of benzene rings is 2. The van der Waals surface area contributed by atoms with Gasteiger partial charge in [0.2, 0.25) is 0 Å². The maximum Gasteiger partial charge on any atom is 0.191 e. The zero-order valence-electron chi connectivity index (χ0n) is 13.9. The van der Waals surface area contributed by atoms with E-state index in [0.29, 0.717) is 31.4 Å². The molecule has 0 radical (unpaired) electrons. The van der Waals surface area contributed by atoms with Gasteiger partial charge in [0.05, 0.1) is 13.7 Å². The smallest absolute Gasteiger partial charge is 0.191 e. The first-order valence-electron chi connectivity index (χ1n) is 7.67. The van der Waals surface area contributed by atoms with Crippen molar-refractivity contribution in [3.8, 4) is 11.5 Å². The molecule has 5 nitrogen and oxygen atoms in total. The van der Waals surface area contributed by atoms with Gasteiger partial charge in [-0.3, -0.25) is 4.99 Å². The molecular formula is C18H22FN3O2. The minimum atomic E-state index is -0.308. The third kappa shape index (κ3) is 5.79. The predicted octanol–water partition coefficient (Wildman–Crippen LogP) is 2.58. The molecule has 2 aromatic rings. The quantitative estimate of drug-likeness (QED) is 0.465. The number of nitrogens with one attached hydrogen (secondary N) is 2. The highest BCUT2D eigenvalue weighted by Crippen LogP contribution is 2.12. The maximum atomic E-state index is 13.0. The van der Waals surface area contributed by atoms with Gasteiger partial charge in [0, 0.05) is 19.7 Å². The summed E-state index contributed by atoms with van der Waals surface area (Å²) in [6.07, 6.45) is 0.